The zero-order valence-corrected chi connectivity index (χ0v) is 18.8. The molecule has 5 aromatic heterocycles. The summed E-state index contributed by atoms with van der Waals surface area (Å²) < 4.78 is 0. The maximum atomic E-state index is 4.60. The first-order valence-corrected chi connectivity index (χ1v) is 11.4. The normalized spacial score (nSPS) is 14.3. The number of hydrogen-bond donors (Lipinski definition) is 2. The zero-order valence-electron chi connectivity index (χ0n) is 18.8. The van der Waals surface area contributed by atoms with Crippen LogP contribution in [0.1, 0.15) is 19.3 Å². The topological polar surface area (TPSA) is 89.6 Å². The van der Waals surface area contributed by atoms with E-state index in [4.69, 9.17) is 0 Å². The van der Waals surface area contributed by atoms with Crippen molar-refractivity contribution in [1.82, 2.24) is 30.1 Å². The fraction of sp³-hybridized carbons (Fsp3) is 0.280. The van der Waals surface area contributed by atoms with Crippen LogP contribution in [0.4, 0.5) is 11.4 Å². The lowest BCUT2D eigenvalue weighted by atomic mass is 10.1. The minimum Gasteiger partial charge on any atom is -0.376 e. The smallest absolute Gasteiger partial charge is 0.181 e. The van der Waals surface area contributed by atoms with Gasteiger partial charge in [0.05, 0.1) is 23.3 Å². The molecule has 0 amide bonds. The molecular weight excluding hydrogens is 412 g/mol. The van der Waals surface area contributed by atoms with Gasteiger partial charge in [0.25, 0.3) is 0 Å². The minimum atomic E-state index is 0.688. The third-order valence-corrected chi connectivity index (χ3v) is 6.46. The first-order valence-electron chi connectivity index (χ1n) is 11.4. The number of aromatic amines is 2. The average Bonchev–Trinajstić information content (AvgIpc) is 3.48. The van der Waals surface area contributed by atoms with Crippen molar-refractivity contribution in [2.75, 3.05) is 37.0 Å². The molecule has 6 heterocycles. The Morgan fingerprint density at radius 1 is 0.909 bits per heavy atom. The molecule has 0 unspecified atom stereocenters. The highest BCUT2D eigenvalue weighted by atomic mass is 15.2. The van der Waals surface area contributed by atoms with E-state index in [9.17, 15) is 0 Å². The summed E-state index contributed by atoms with van der Waals surface area (Å²) in [6.07, 6.45) is 11.3. The second-order valence-electron chi connectivity index (χ2n) is 8.84. The molecule has 1 aliphatic heterocycles. The fourth-order valence-corrected chi connectivity index (χ4v) is 4.65. The Kier molecular flexibility index (Phi) is 4.71. The number of piperidine rings is 1. The number of nitrogens with one attached hydrogen (secondary N) is 2. The second-order valence-corrected chi connectivity index (χ2v) is 8.84. The highest BCUT2D eigenvalue weighted by Gasteiger charge is 2.18. The van der Waals surface area contributed by atoms with Crippen molar-refractivity contribution in [2.45, 2.75) is 19.3 Å². The van der Waals surface area contributed by atoms with Gasteiger partial charge in [-0.15, -0.1) is 0 Å². The molecule has 0 spiro atoms. The number of hydrogen-bond acceptors (Lipinski definition) is 6. The average molecular weight is 439 g/mol. The molecule has 0 bridgehead atoms. The lowest BCUT2D eigenvalue weighted by Gasteiger charge is -2.29. The van der Waals surface area contributed by atoms with E-state index in [0.717, 1.165) is 57.7 Å². The predicted molar refractivity (Wildman–Crippen MR) is 133 cm³/mol. The molecule has 0 saturated carbocycles. The molecule has 6 rings (SSSR count). The van der Waals surface area contributed by atoms with Gasteiger partial charge in [-0.25, -0.2) is 9.97 Å². The fourth-order valence-electron chi connectivity index (χ4n) is 4.65. The summed E-state index contributed by atoms with van der Waals surface area (Å²) in [7, 11) is 4.02. The van der Waals surface area contributed by atoms with Crippen LogP contribution in [0.5, 0.6) is 0 Å². The van der Waals surface area contributed by atoms with Crippen LogP contribution in [0.3, 0.4) is 0 Å². The van der Waals surface area contributed by atoms with Crippen LogP contribution in [0, 0.1) is 0 Å². The van der Waals surface area contributed by atoms with Gasteiger partial charge in [0, 0.05) is 73.4 Å². The Bertz CT molecular complexity index is 1440. The van der Waals surface area contributed by atoms with Crippen LogP contribution in [0.2, 0.25) is 0 Å². The lowest BCUT2D eigenvalue weighted by molar-refractivity contribution is 0.579. The summed E-state index contributed by atoms with van der Waals surface area (Å²) in [6.45, 7) is 2.19. The van der Waals surface area contributed by atoms with Crippen molar-refractivity contribution in [2.24, 2.45) is 0 Å². The third-order valence-electron chi connectivity index (χ3n) is 6.46. The Labute approximate surface area is 191 Å². The van der Waals surface area contributed by atoms with Crippen LogP contribution in [0.25, 0.3) is 44.6 Å². The zero-order chi connectivity index (χ0) is 22.4. The Morgan fingerprint density at radius 2 is 1.76 bits per heavy atom. The van der Waals surface area contributed by atoms with Crippen LogP contribution in [-0.2, 0) is 0 Å². The number of nitrogens with zero attached hydrogens (tertiary/aromatic N) is 6. The number of H-pyrrole nitrogens is 2. The molecular formula is C25H26N8. The van der Waals surface area contributed by atoms with Crippen molar-refractivity contribution in [3.63, 3.8) is 0 Å². The molecule has 0 aliphatic carbocycles. The van der Waals surface area contributed by atoms with E-state index in [1.807, 2.05) is 43.8 Å². The maximum absolute atomic E-state index is 4.60. The van der Waals surface area contributed by atoms with E-state index in [2.05, 4.69) is 59.3 Å². The minimum absolute atomic E-state index is 0.688. The van der Waals surface area contributed by atoms with E-state index in [-0.39, 0.29) is 0 Å². The van der Waals surface area contributed by atoms with Gasteiger partial charge >= 0.3 is 0 Å². The molecule has 2 N–H and O–H groups in total. The molecule has 1 saturated heterocycles. The van der Waals surface area contributed by atoms with Crippen molar-refractivity contribution >= 4 is 33.4 Å². The molecule has 8 heteroatoms. The Balaban J connectivity index is 1.44. The molecule has 5 aromatic rings. The Morgan fingerprint density at radius 3 is 2.61 bits per heavy atom. The number of anilines is 2. The number of fused-ring (bicyclic) bond motifs is 2. The highest BCUT2D eigenvalue weighted by Crippen LogP contribution is 2.34. The van der Waals surface area contributed by atoms with E-state index in [0.29, 0.717) is 5.65 Å². The van der Waals surface area contributed by atoms with Gasteiger partial charge in [-0.1, -0.05) is 0 Å². The molecule has 166 valence electrons. The predicted octanol–water partition coefficient (Wildman–Crippen LogP) is 4.62. The SMILES string of the molecule is CN(C)c1cncc(-c2cnc3n[nH]c(-c4cc5c(N6CCCCC6)ccnc5[nH]4)c3c2)c1. The first kappa shape index (κ1) is 19.7. The van der Waals surface area contributed by atoms with Gasteiger partial charge in [-0.3, -0.25) is 10.1 Å². The summed E-state index contributed by atoms with van der Waals surface area (Å²) in [6, 6.07) is 8.55. The largest absolute Gasteiger partial charge is 0.376 e. The van der Waals surface area contributed by atoms with Crippen molar-refractivity contribution in [3.8, 4) is 22.5 Å². The summed E-state index contributed by atoms with van der Waals surface area (Å²) in [4.78, 5) is 21.6. The quantitative estimate of drug-likeness (QED) is 0.426. The standard InChI is InChI=1S/C25H26N8/c1-32(2)18-10-16(13-26-15-18)17-11-20-23(30-31-25(20)28-14-17)21-12-19-22(6-7-27-24(19)29-21)33-8-4-3-5-9-33/h6-7,10-15H,3-5,8-9H2,1-2H3,(H,27,29)(H,28,30,31). The van der Waals surface area contributed by atoms with Crippen molar-refractivity contribution in [1.29, 1.82) is 0 Å². The number of aromatic nitrogens is 6. The number of pyridine rings is 3. The lowest BCUT2D eigenvalue weighted by Crippen LogP contribution is -2.29. The molecule has 0 aromatic carbocycles. The molecule has 1 fully saturated rings. The Hall–Kier alpha value is -3.94. The number of rotatable bonds is 4. The van der Waals surface area contributed by atoms with E-state index < -0.39 is 0 Å². The van der Waals surface area contributed by atoms with Gasteiger partial charge < -0.3 is 14.8 Å². The van der Waals surface area contributed by atoms with Crippen molar-refractivity contribution < 1.29 is 0 Å². The van der Waals surface area contributed by atoms with Crippen LogP contribution >= 0.6 is 0 Å². The molecule has 1 aliphatic rings. The monoisotopic (exact) mass is 438 g/mol. The summed E-state index contributed by atoms with van der Waals surface area (Å²) in [5.41, 5.74) is 7.78. The molecule has 0 atom stereocenters. The van der Waals surface area contributed by atoms with Crippen LogP contribution < -0.4 is 9.80 Å². The highest BCUT2D eigenvalue weighted by molar-refractivity contribution is 5.98. The molecule has 8 nitrogen and oxygen atoms in total. The summed E-state index contributed by atoms with van der Waals surface area (Å²) in [5.74, 6) is 0. The van der Waals surface area contributed by atoms with Gasteiger partial charge in [0.15, 0.2) is 5.65 Å². The van der Waals surface area contributed by atoms with Gasteiger partial charge in [0.1, 0.15) is 5.65 Å². The summed E-state index contributed by atoms with van der Waals surface area (Å²) in [5, 5.41) is 9.75. The van der Waals surface area contributed by atoms with E-state index >= 15 is 0 Å². The second kappa shape index (κ2) is 7.88. The van der Waals surface area contributed by atoms with Crippen LogP contribution in [0.15, 0.2) is 49.1 Å². The van der Waals surface area contributed by atoms with Gasteiger partial charge in [0.2, 0.25) is 0 Å². The van der Waals surface area contributed by atoms with Crippen LogP contribution in [-0.4, -0.2) is 57.3 Å². The first-order chi connectivity index (χ1) is 16.2. The van der Waals surface area contributed by atoms with Gasteiger partial charge in [-0.05, 0) is 43.5 Å². The third kappa shape index (κ3) is 3.47. The van der Waals surface area contributed by atoms with Gasteiger partial charge in [-0.2, -0.15) is 5.10 Å². The summed E-state index contributed by atoms with van der Waals surface area (Å²) >= 11 is 0. The maximum Gasteiger partial charge on any atom is 0.181 e. The van der Waals surface area contributed by atoms with E-state index in [1.54, 1.807) is 0 Å². The van der Waals surface area contributed by atoms with E-state index in [1.165, 1.54) is 24.9 Å². The van der Waals surface area contributed by atoms with Crippen molar-refractivity contribution in [3.05, 3.63) is 49.1 Å². The molecule has 0 radical (unpaired) electrons. The molecule has 33 heavy (non-hydrogen) atoms.